The molecule has 1 aliphatic rings. The Kier molecular flexibility index (Phi) is 2.41. The molecular weight excluding hydrogens is 306 g/mol. The first-order valence-corrected chi connectivity index (χ1v) is 7.75. The van der Waals surface area contributed by atoms with E-state index in [4.69, 9.17) is 0 Å². The van der Waals surface area contributed by atoms with E-state index in [1.807, 2.05) is 6.20 Å². The maximum absolute atomic E-state index is 12.6. The van der Waals surface area contributed by atoms with Crippen molar-refractivity contribution in [3.05, 3.63) is 47.1 Å². The molecule has 118 valence electrons. The maximum Gasteiger partial charge on any atom is 0.275 e. The van der Waals surface area contributed by atoms with Gasteiger partial charge in [-0.3, -0.25) is 0 Å². The Labute approximate surface area is 135 Å². The summed E-state index contributed by atoms with van der Waals surface area (Å²) in [6.45, 7) is 0.389. The number of aromatic nitrogens is 2. The molecule has 0 aliphatic carbocycles. The van der Waals surface area contributed by atoms with Crippen molar-refractivity contribution in [2.45, 2.75) is 6.42 Å². The van der Waals surface area contributed by atoms with Crippen LogP contribution in [0.25, 0.3) is 32.9 Å². The van der Waals surface area contributed by atoms with Gasteiger partial charge in [-0.25, -0.2) is 0 Å². The molecule has 0 amide bonds. The molecule has 0 radical (unpaired) electrons. The van der Waals surface area contributed by atoms with E-state index in [0.29, 0.717) is 35.1 Å². The van der Waals surface area contributed by atoms with Crippen LogP contribution in [0.5, 0.6) is 11.5 Å². The van der Waals surface area contributed by atoms with E-state index in [1.165, 1.54) is 0 Å². The number of aromatic amines is 2. The van der Waals surface area contributed by atoms with Gasteiger partial charge in [-0.2, -0.15) is 0 Å². The largest absolute Gasteiger partial charge is 0.508 e. The molecule has 0 atom stereocenters. The van der Waals surface area contributed by atoms with E-state index in [2.05, 4.69) is 9.97 Å². The minimum atomic E-state index is 0.121. The van der Waals surface area contributed by atoms with Gasteiger partial charge in [0.25, 0.3) is 5.69 Å². The summed E-state index contributed by atoms with van der Waals surface area (Å²) in [5.74, 6) is 0.305. The van der Waals surface area contributed by atoms with Crippen LogP contribution in [-0.2, 0) is 6.42 Å². The van der Waals surface area contributed by atoms with Crippen LogP contribution in [0.4, 0.5) is 5.69 Å². The maximum atomic E-state index is 12.6. The molecule has 6 heteroatoms. The number of hydrogen-bond donors (Lipinski definition) is 4. The number of nitroso groups, excluding NO2 is 1. The second kappa shape index (κ2) is 4.38. The van der Waals surface area contributed by atoms with E-state index < -0.39 is 0 Å². The number of rotatable bonds is 1. The third-order valence-corrected chi connectivity index (χ3v) is 4.80. The number of hydrogen-bond acceptors (Lipinski definition) is 3. The molecule has 0 spiro atoms. The first-order chi connectivity index (χ1) is 11.6. The normalized spacial score (nSPS) is 13.9. The quantitative estimate of drug-likeness (QED) is 0.403. The molecule has 0 saturated heterocycles. The van der Waals surface area contributed by atoms with Gasteiger partial charge in [-0.05, 0) is 23.3 Å². The van der Waals surface area contributed by atoms with Crippen LogP contribution in [0.15, 0.2) is 36.7 Å². The Bertz CT molecular complexity index is 1140. The van der Waals surface area contributed by atoms with Crippen molar-refractivity contribution in [2.75, 3.05) is 6.54 Å². The summed E-state index contributed by atoms with van der Waals surface area (Å²) < 4.78 is 1.00. The standard InChI is InChI=1S/C18H13N3O3/c22-11-3-1-9(2-4-11)12-8-20-16-14(12)17-13-10(5-6-21(17)24)7-19-15(13)18(16)23/h1-4,7-8H,5-6H2,(H3-,19,20,22,23,24)/p+1. The number of nitrogens with zero attached hydrogens (tertiary/aromatic N) is 1. The number of H-pyrrole nitrogens is 2. The van der Waals surface area contributed by atoms with Crippen molar-refractivity contribution in [3.63, 3.8) is 0 Å². The predicted molar refractivity (Wildman–Crippen MR) is 90.8 cm³/mol. The lowest BCUT2D eigenvalue weighted by atomic mass is 9.97. The first-order valence-electron chi connectivity index (χ1n) is 7.75. The van der Waals surface area contributed by atoms with E-state index in [1.54, 1.807) is 30.5 Å². The number of benzene rings is 2. The third-order valence-electron chi connectivity index (χ3n) is 4.80. The molecule has 6 nitrogen and oxygen atoms in total. The van der Waals surface area contributed by atoms with Gasteiger partial charge in [0.2, 0.25) is 6.54 Å². The van der Waals surface area contributed by atoms with Crippen molar-refractivity contribution in [1.29, 1.82) is 0 Å². The summed E-state index contributed by atoms with van der Waals surface area (Å²) in [6, 6.07) is 6.80. The molecular formula is C18H14N3O3+. The number of phenols is 2. The summed E-state index contributed by atoms with van der Waals surface area (Å²) >= 11 is 0. The predicted octanol–water partition coefficient (Wildman–Crippen LogP) is 3.69. The molecule has 0 unspecified atom stereocenters. The molecule has 4 aromatic rings. The molecule has 0 fully saturated rings. The van der Waals surface area contributed by atoms with Gasteiger partial charge in [0, 0.05) is 34.0 Å². The highest BCUT2D eigenvalue weighted by molar-refractivity contribution is 6.17. The Morgan fingerprint density at radius 3 is 2.46 bits per heavy atom. The molecule has 0 bridgehead atoms. The lowest BCUT2D eigenvalue weighted by Crippen LogP contribution is -2.11. The van der Waals surface area contributed by atoms with E-state index in [-0.39, 0.29) is 11.5 Å². The smallest absolute Gasteiger partial charge is 0.275 e. The van der Waals surface area contributed by atoms with Gasteiger partial charge in [-0.15, -0.1) is 0 Å². The number of aromatic hydroxyl groups is 2. The zero-order valence-electron chi connectivity index (χ0n) is 12.6. The van der Waals surface area contributed by atoms with Crippen LogP contribution in [0.3, 0.4) is 0 Å². The molecule has 0 saturated carbocycles. The fourth-order valence-electron chi connectivity index (χ4n) is 3.68. The highest BCUT2D eigenvalue weighted by Gasteiger charge is 2.34. The number of fused-ring (bicyclic) bond motifs is 2. The molecule has 24 heavy (non-hydrogen) atoms. The molecule has 2 aromatic carbocycles. The van der Waals surface area contributed by atoms with Crippen molar-refractivity contribution >= 4 is 27.5 Å². The Morgan fingerprint density at radius 2 is 1.67 bits per heavy atom. The molecule has 4 N–H and O–H groups in total. The molecule has 5 rings (SSSR count). The van der Waals surface area contributed by atoms with Gasteiger partial charge in [0.1, 0.15) is 5.75 Å². The van der Waals surface area contributed by atoms with Gasteiger partial charge >= 0.3 is 0 Å². The number of nitrogens with one attached hydrogen (secondary N) is 2. The molecule has 1 aliphatic heterocycles. The second-order valence-corrected chi connectivity index (χ2v) is 6.11. The van der Waals surface area contributed by atoms with Gasteiger partial charge in [0.15, 0.2) is 5.75 Å². The summed E-state index contributed by atoms with van der Waals surface area (Å²) in [7, 11) is 0. The van der Waals surface area contributed by atoms with Crippen molar-refractivity contribution < 1.29 is 15.0 Å². The van der Waals surface area contributed by atoms with Crippen molar-refractivity contribution in [2.24, 2.45) is 0 Å². The Balaban J connectivity index is 1.97. The van der Waals surface area contributed by atoms with Crippen LogP contribution < -0.4 is 0 Å². The molecule has 3 heterocycles. The fourth-order valence-corrected chi connectivity index (χ4v) is 3.68. The van der Waals surface area contributed by atoms with Crippen LogP contribution in [0.1, 0.15) is 5.56 Å². The van der Waals surface area contributed by atoms with Crippen LogP contribution in [0.2, 0.25) is 0 Å². The average molecular weight is 320 g/mol. The highest BCUT2D eigenvalue weighted by atomic mass is 16.3. The molecule has 2 aromatic heterocycles. The summed E-state index contributed by atoms with van der Waals surface area (Å²) in [4.78, 5) is 18.8. The van der Waals surface area contributed by atoms with Crippen molar-refractivity contribution in [3.8, 4) is 22.6 Å². The van der Waals surface area contributed by atoms with Crippen LogP contribution >= 0.6 is 0 Å². The zero-order valence-corrected chi connectivity index (χ0v) is 12.6. The van der Waals surface area contributed by atoms with Gasteiger partial charge < -0.3 is 20.2 Å². The monoisotopic (exact) mass is 320 g/mol. The third kappa shape index (κ3) is 1.54. The minimum absolute atomic E-state index is 0.121. The van der Waals surface area contributed by atoms with Crippen LogP contribution in [0, 0.1) is 4.91 Å². The summed E-state index contributed by atoms with van der Waals surface area (Å²) in [6.07, 6.45) is 4.30. The minimum Gasteiger partial charge on any atom is -0.508 e. The zero-order chi connectivity index (χ0) is 16.4. The fraction of sp³-hybridized carbons (Fsp3) is 0.111. The number of phenolic OH excluding ortho intramolecular Hbond substituents is 2. The summed E-state index contributed by atoms with van der Waals surface area (Å²) in [5, 5.41) is 21.6. The Morgan fingerprint density at radius 1 is 0.958 bits per heavy atom. The van der Waals surface area contributed by atoms with E-state index >= 15 is 0 Å². The average Bonchev–Trinajstić information content (AvgIpc) is 3.20. The second-order valence-electron chi connectivity index (χ2n) is 6.11. The summed E-state index contributed by atoms with van der Waals surface area (Å²) in [5.41, 5.74) is 4.45. The lowest BCUT2D eigenvalue weighted by Gasteiger charge is -2.09. The SMILES string of the molecule is O=[N+]1CCc2c[nH]c3c(O)c4[nH]cc(-c5ccc(O)cc5)c4c1c23. The first kappa shape index (κ1) is 13.2. The van der Waals surface area contributed by atoms with Crippen molar-refractivity contribution in [1.82, 2.24) is 9.97 Å². The highest BCUT2D eigenvalue weighted by Crippen LogP contribution is 2.47. The van der Waals surface area contributed by atoms with E-state index in [9.17, 15) is 15.1 Å². The Hall–Kier alpha value is -3.28. The lowest BCUT2D eigenvalue weighted by molar-refractivity contribution is -0.461. The van der Waals surface area contributed by atoms with Crippen LogP contribution in [-0.4, -0.2) is 31.5 Å². The topological polar surface area (TPSA) is 92.1 Å². The van der Waals surface area contributed by atoms with Gasteiger partial charge in [0.05, 0.1) is 21.8 Å². The van der Waals surface area contributed by atoms with E-state index in [0.717, 1.165) is 26.8 Å². The van der Waals surface area contributed by atoms with Gasteiger partial charge in [-0.1, -0.05) is 12.1 Å².